The maximum atomic E-state index is 11.3. The van der Waals surface area contributed by atoms with E-state index < -0.39 is 0 Å². The van der Waals surface area contributed by atoms with E-state index in [1.807, 2.05) is 25.1 Å². The van der Waals surface area contributed by atoms with Crippen molar-refractivity contribution in [2.24, 2.45) is 0 Å². The van der Waals surface area contributed by atoms with Gasteiger partial charge >= 0.3 is 58.2 Å². The average Bonchev–Trinajstić information content (AvgIpc) is 2.20. The number of benzene rings is 1. The maximum absolute atomic E-state index is 11.3. The smallest absolute Gasteiger partial charge is 0.650 e. The molecule has 14 heavy (non-hydrogen) atoms. The molecule has 0 saturated heterocycles. The number of nitrogens with zero attached hydrogens (tertiary/aromatic N) is 1. The van der Waals surface area contributed by atoms with Gasteiger partial charge in [-0.15, -0.1) is 6.04 Å². The van der Waals surface area contributed by atoms with Crippen molar-refractivity contribution in [3.05, 3.63) is 40.7 Å². The zero-order valence-corrected chi connectivity index (χ0v) is 13.6. The molecule has 0 aliphatic carbocycles. The van der Waals surface area contributed by atoms with Crippen LogP contribution in [0.15, 0.2) is 24.3 Å². The molecule has 1 aliphatic heterocycles. The van der Waals surface area contributed by atoms with Crippen molar-refractivity contribution in [1.82, 2.24) is 0 Å². The summed E-state index contributed by atoms with van der Waals surface area (Å²) in [5.41, 5.74) is 2.41. The number of carbonyl (C=O) groups excluding carboxylic acids is 1. The molecule has 3 heteroatoms. The van der Waals surface area contributed by atoms with Crippen LogP contribution >= 0.6 is 0 Å². The zero-order valence-electron chi connectivity index (χ0n) is 8.66. The second-order valence-electron chi connectivity index (χ2n) is 3.52. The molecule has 1 aliphatic rings. The Kier molecular flexibility index (Phi) is 4.98. The van der Waals surface area contributed by atoms with E-state index >= 15 is 0 Å². The van der Waals surface area contributed by atoms with Gasteiger partial charge in [0.25, 0.3) is 0 Å². The second kappa shape index (κ2) is 5.54. The topological polar surface area (TPSA) is 31.2 Å². The largest absolute Gasteiger partial charge is 1.00 e. The Morgan fingerprint density at radius 3 is 2.64 bits per heavy atom. The third-order valence-corrected chi connectivity index (χ3v) is 2.34. The Morgan fingerprint density at radius 2 is 1.93 bits per heavy atom. The molecule has 0 aromatic heterocycles. The van der Waals surface area contributed by atoms with E-state index in [2.05, 4.69) is 11.4 Å². The molecule has 1 heterocycles. The number of fused-ring (bicyclic) bond motifs is 1. The van der Waals surface area contributed by atoms with Gasteiger partial charge in [0.05, 0.1) is 5.91 Å². The fourth-order valence-electron chi connectivity index (χ4n) is 1.75. The van der Waals surface area contributed by atoms with Gasteiger partial charge in [0.15, 0.2) is 0 Å². The zero-order chi connectivity index (χ0) is 9.26. The fraction of sp³-hybridized carbons (Fsp3) is 0.364. The molecule has 1 atom stereocenters. The molecular formula is C11H12NORb. The van der Waals surface area contributed by atoms with Gasteiger partial charge in [0, 0.05) is 6.42 Å². The van der Waals surface area contributed by atoms with Crippen LogP contribution in [0.4, 0.5) is 0 Å². The molecule has 1 aromatic carbocycles. The minimum atomic E-state index is 0. The summed E-state index contributed by atoms with van der Waals surface area (Å²) in [5.74, 6) is 0.0115. The second-order valence-corrected chi connectivity index (χ2v) is 3.52. The summed E-state index contributed by atoms with van der Waals surface area (Å²) in [6, 6.07) is 8.22. The maximum Gasteiger partial charge on any atom is 1.00 e. The molecule has 1 unspecified atom stereocenters. The molecular weight excluding hydrogens is 248 g/mol. The van der Waals surface area contributed by atoms with E-state index in [-0.39, 0.29) is 70.1 Å². The van der Waals surface area contributed by atoms with Crippen LogP contribution in [0.5, 0.6) is 0 Å². The van der Waals surface area contributed by atoms with Gasteiger partial charge < -0.3 is 10.1 Å². The standard InChI is InChI=1S/C11H13NO.Rb/c1-8-6-9-4-2-3-5-10(9)7-11(13)12-8;/h2-5,8H,6-7H2,1H3,(H,12,13);/q;+1/p-1. The van der Waals surface area contributed by atoms with Gasteiger partial charge in [-0.3, -0.25) is 0 Å². The summed E-state index contributed by atoms with van der Waals surface area (Å²) in [7, 11) is 0. The first-order valence-corrected chi connectivity index (χ1v) is 4.56. The van der Waals surface area contributed by atoms with Crippen molar-refractivity contribution < 1.29 is 63.0 Å². The van der Waals surface area contributed by atoms with Crippen molar-refractivity contribution in [3.8, 4) is 0 Å². The molecule has 1 aromatic rings. The van der Waals surface area contributed by atoms with Crippen LogP contribution in [0, 0.1) is 0 Å². The van der Waals surface area contributed by atoms with Crippen molar-refractivity contribution in [2.75, 3.05) is 0 Å². The molecule has 0 spiro atoms. The Morgan fingerprint density at radius 1 is 1.29 bits per heavy atom. The van der Waals surface area contributed by atoms with E-state index in [9.17, 15) is 4.79 Å². The number of amides is 1. The predicted molar refractivity (Wildman–Crippen MR) is 51.7 cm³/mol. The van der Waals surface area contributed by atoms with Crippen LogP contribution in [0.2, 0.25) is 0 Å². The minimum Gasteiger partial charge on any atom is -0.650 e. The first-order chi connectivity index (χ1) is 6.25. The van der Waals surface area contributed by atoms with Crippen LogP contribution < -0.4 is 58.2 Å². The fourth-order valence-corrected chi connectivity index (χ4v) is 1.75. The molecule has 2 nitrogen and oxygen atoms in total. The van der Waals surface area contributed by atoms with Gasteiger partial charge in [0.2, 0.25) is 0 Å². The Labute approximate surface area is 133 Å². The van der Waals surface area contributed by atoms with Gasteiger partial charge in [0.1, 0.15) is 0 Å². The van der Waals surface area contributed by atoms with E-state index in [0.29, 0.717) is 6.42 Å². The quantitative estimate of drug-likeness (QED) is 0.593. The first kappa shape index (κ1) is 12.6. The molecule has 68 valence electrons. The molecule has 0 radical (unpaired) electrons. The van der Waals surface area contributed by atoms with Crippen molar-refractivity contribution in [3.63, 3.8) is 0 Å². The van der Waals surface area contributed by atoms with E-state index in [1.54, 1.807) is 0 Å². The number of carbonyl (C=O) groups is 1. The molecule has 1 amide bonds. The van der Waals surface area contributed by atoms with E-state index in [1.165, 1.54) is 5.56 Å². The van der Waals surface area contributed by atoms with Gasteiger partial charge in [-0.25, -0.2) is 0 Å². The molecule has 0 N–H and O–H groups in total. The van der Waals surface area contributed by atoms with E-state index in [4.69, 9.17) is 0 Å². The van der Waals surface area contributed by atoms with Crippen LogP contribution in [-0.4, -0.2) is 11.9 Å². The average molecular weight is 260 g/mol. The number of hydrogen-bond acceptors (Lipinski definition) is 1. The Balaban J connectivity index is 0.000000980. The SMILES string of the molecule is CC1Cc2ccccc2CC(=O)[N-]1.[Rb+]. The monoisotopic (exact) mass is 259 g/mol. The van der Waals surface area contributed by atoms with Crippen LogP contribution in [-0.2, 0) is 17.6 Å². The van der Waals surface area contributed by atoms with Gasteiger partial charge in [-0.05, 0) is 17.5 Å². The summed E-state index contributed by atoms with van der Waals surface area (Å²) in [6.07, 6.45) is 1.36. The van der Waals surface area contributed by atoms with Crippen molar-refractivity contribution in [1.29, 1.82) is 0 Å². The van der Waals surface area contributed by atoms with Gasteiger partial charge in [-0.1, -0.05) is 31.2 Å². The molecule has 2 rings (SSSR count). The van der Waals surface area contributed by atoms with Crippen molar-refractivity contribution in [2.45, 2.75) is 25.8 Å². The molecule has 0 bridgehead atoms. The first-order valence-electron chi connectivity index (χ1n) is 4.56. The number of rotatable bonds is 0. The van der Waals surface area contributed by atoms with Crippen LogP contribution in [0.25, 0.3) is 5.32 Å². The summed E-state index contributed by atoms with van der Waals surface area (Å²) in [4.78, 5) is 11.3. The van der Waals surface area contributed by atoms with Crippen LogP contribution in [0.1, 0.15) is 18.1 Å². The third-order valence-electron chi connectivity index (χ3n) is 2.34. The third kappa shape index (κ3) is 2.99. The van der Waals surface area contributed by atoms with E-state index in [0.717, 1.165) is 12.0 Å². The summed E-state index contributed by atoms with van der Waals surface area (Å²) < 4.78 is 0. The minimum absolute atomic E-state index is 0. The summed E-state index contributed by atoms with van der Waals surface area (Å²) in [6.45, 7) is 1.99. The Hall–Kier alpha value is 0.495. The summed E-state index contributed by atoms with van der Waals surface area (Å²) >= 11 is 0. The van der Waals surface area contributed by atoms with Crippen molar-refractivity contribution >= 4 is 5.91 Å². The summed E-state index contributed by atoms with van der Waals surface area (Å²) in [5, 5.41) is 4.05. The normalized spacial score (nSPS) is 20.1. The van der Waals surface area contributed by atoms with Crippen LogP contribution in [0.3, 0.4) is 0 Å². The molecule has 0 fully saturated rings. The molecule has 0 saturated carbocycles. The predicted octanol–water partition coefficient (Wildman–Crippen LogP) is -0.922. The number of hydrogen-bond donors (Lipinski definition) is 0. The Bertz CT molecular complexity index is 338. The van der Waals surface area contributed by atoms with Gasteiger partial charge in [-0.2, -0.15) is 0 Å².